The van der Waals surface area contributed by atoms with Gasteiger partial charge in [0.1, 0.15) is 5.75 Å². The number of hydrogen-bond donors (Lipinski definition) is 0. The normalized spacial score (nSPS) is 14.4. The van der Waals surface area contributed by atoms with Gasteiger partial charge in [-0.15, -0.1) is 10.2 Å². The van der Waals surface area contributed by atoms with Gasteiger partial charge in [-0.3, -0.25) is 9.59 Å². The molecular formula is C18H22N4O4. The summed E-state index contributed by atoms with van der Waals surface area (Å²) in [6.45, 7) is 3.86. The van der Waals surface area contributed by atoms with Crippen LogP contribution in [0.1, 0.15) is 19.2 Å². The molecule has 0 spiro atoms. The van der Waals surface area contributed by atoms with Crippen LogP contribution in [0.4, 0.5) is 0 Å². The predicted octanol–water partition coefficient (Wildman–Crippen LogP) is 1.37. The Hall–Kier alpha value is -2.90. The lowest BCUT2D eigenvalue weighted by molar-refractivity contribution is -0.138. The fourth-order valence-electron chi connectivity index (χ4n) is 2.85. The molecule has 0 saturated carbocycles. The molecule has 2 aromatic rings. The largest absolute Gasteiger partial charge is 0.497 e. The van der Waals surface area contributed by atoms with Gasteiger partial charge in [-0.05, 0) is 24.3 Å². The van der Waals surface area contributed by atoms with Crippen molar-refractivity contribution in [1.82, 2.24) is 20.0 Å². The van der Waals surface area contributed by atoms with Crippen LogP contribution in [-0.2, 0) is 16.0 Å². The third-order valence-electron chi connectivity index (χ3n) is 4.43. The number of piperazine rings is 1. The Morgan fingerprint density at radius 3 is 2.35 bits per heavy atom. The van der Waals surface area contributed by atoms with Gasteiger partial charge in [0.05, 0.1) is 7.11 Å². The standard InChI is InChI=1S/C18H22N4O4/c1-13(23)21-9-11-22(12-10-21)17(24)8-7-16-19-20-18(26-16)14-3-5-15(25-2)6-4-14/h3-6H,7-12H2,1-2H3. The maximum Gasteiger partial charge on any atom is 0.247 e. The number of nitrogens with zero attached hydrogens (tertiary/aromatic N) is 4. The van der Waals surface area contributed by atoms with E-state index in [-0.39, 0.29) is 11.8 Å². The Labute approximate surface area is 151 Å². The van der Waals surface area contributed by atoms with Crippen LogP contribution in [0.2, 0.25) is 0 Å². The summed E-state index contributed by atoms with van der Waals surface area (Å²) >= 11 is 0. The zero-order chi connectivity index (χ0) is 18.5. The summed E-state index contributed by atoms with van der Waals surface area (Å²) in [5.41, 5.74) is 0.802. The minimum atomic E-state index is 0.0393. The second-order valence-electron chi connectivity index (χ2n) is 6.12. The molecule has 8 nitrogen and oxygen atoms in total. The van der Waals surface area contributed by atoms with E-state index in [1.54, 1.807) is 23.8 Å². The summed E-state index contributed by atoms with van der Waals surface area (Å²) in [7, 11) is 1.61. The number of aryl methyl sites for hydroxylation is 1. The van der Waals surface area contributed by atoms with E-state index in [0.29, 0.717) is 50.8 Å². The van der Waals surface area contributed by atoms with Crippen molar-refractivity contribution in [3.63, 3.8) is 0 Å². The van der Waals surface area contributed by atoms with Crippen LogP contribution < -0.4 is 4.74 Å². The van der Waals surface area contributed by atoms with E-state index < -0.39 is 0 Å². The van der Waals surface area contributed by atoms with Crippen LogP contribution in [-0.4, -0.2) is 65.1 Å². The first-order valence-corrected chi connectivity index (χ1v) is 8.57. The number of carbonyl (C=O) groups is 2. The summed E-state index contributed by atoms with van der Waals surface area (Å²) in [6, 6.07) is 7.33. The maximum atomic E-state index is 12.3. The SMILES string of the molecule is COc1ccc(-c2nnc(CCC(=O)N3CCN(C(C)=O)CC3)o2)cc1. The molecule has 1 aliphatic heterocycles. The zero-order valence-electron chi connectivity index (χ0n) is 15.0. The van der Waals surface area contributed by atoms with E-state index >= 15 is 0 Å². The fraction of sp³-hybridized carbons (Fsp3) is 0.444. The molecule has 0 N–H and O–H groups in total. The van der Waals surface area contributed by atoms with Crippen LogP contribution in [0, 0.1) is 0 Å². The molecule has 0 atom stereocenters. The third-order valence-corrected chi connectivity index (χ3v) is 4.43. The average Bonchev–Trinajstić information content (AvgIpc) is 3.15. The molecule has 1 aromatic heterocycles. The molecule has 26 heavy (non-hydrogen) atoms. The topological polar surface area (TPSA) is 88.8 Å². The Morgan fingerprint density at radius 2 is 1.73 bits per heavy atom. The average molecular weight is 358 g/mol. The lowest BCUT2D eigenvalue weighted by Crippen LogP contribution is -2.50. The minimum Gasteiger partial charge on any atom is -0.497 e. The highest BCUT2D eigenvalue weighted by Crippen LogP contribution is 2.21. The quantitative estimate of drug-likeness (QED) is 0.802. The number of aromatic nitrogens is 2. The molecule has 1 aromatic carbocycles. The molecule has 2 heterocycles. The number of methoxy groups -OCH3 is 1. The second kappa shape index (κ2) is 7.99. The van der Waals surface area contributed by atoms with Crippen LogP contribution in [0.3, 0.4) is 0 Å². The number of amides is 2. The molecule has 1 aliphatic rings. The molecule has 0 bridgehead atoms. The van der Waals surface area contributed by atoms with Crippen molar-refractivity contribution in [2.45, 2.75) is 19.8 Å². The van der Waals surface area contributed by atoms with E-state index in [2.05, 4.69) is 10.2 Å². The van der Waals surface area contributed by atoms with Crippen LogP contribution in [0.25, 0.3) is 11.5 Å². The first kappa shape index (κ1) is 17.9. The number of hydrogen-bond acceptors (Lipinski definition) is 6. The zero-order valence-corrected chi connectivity index (χ0v) is 15.0. The predicted molar refractivity (Wildman–Crippen MR) is 93.4 cm³/mol. The lowest BCUT2D eigenvalue weighted by Gasteiger charge is -2.34. The summed E-state index contributed by atoms with van der Waals surface area (Å²) in [5, 5.41) is 8.05. The van der Waals surface area contributed by atoms with Crippen molar-refractivity contribution in [2.75, 3.05) is 33.3 Å². The summed E-state index contributed by atoms with van der Waals surface area (Å²) in [5.74, 6) is 1.70. The summed E-state index contributed by atoms with van der Waals surface area (Å²) < 4.78 is 10.8. The molecule has 0 radical (unpaired) electrons. The van der Waals surface area contributed by atoms with Gasteiger partial charge in [0.15, 0.2) is 0 Å². The van der Waals surface area contributed by atoms with Gasteiger partial charge in [-0.25, -0.2) is 0 Å². The van der Waals surface area contributed by atoms with Gasteiger partial charge in [-0.2, -0.15) is 0 Å². The molecule has 0 aliphatic carbocycles. The van der Waals surface area contributed by atoms with E-state index in [9.17, 15) is 9.59 Å². The smallest absolute Gasteiger partial charge is 0.247 e. The molecule has 1 fully saturated rings. The second-order valence-corrected chi connectivity index (χ2v) is 6.12. The maximum absolute atomic E-state index is 12.3. The van der Waals surface area contributed by atoms with Gasteiger partial charge in [-0.1, -0.05) is 0 Å². The highest BCUT2D eigenvalue weighted by atomic mass is 16.5. The minimum absolute atomic E-state index is 0.0393. The van der Waals surface area contributed by atoms with Crippen molar-refractivity contribution >= 4 is 11.8 Å². The molecule has 8 heteroatoms. The van der Waals surface area contributed by atoms with Gasteiger partial charge in [0, 0.05) is 51.5 Å². The molecule has 0 unspecified atom stereocenters. The van der Waals surface area contributed by atoms with E-state index in [1.807, 2.05) is 24.3 Å². The molecular weight excluding hydrogens is 336 g/mol. The number of benzene rings is 1. The Kier molecular flexibility index (Phi) is 5.50. The molecule has 138 valence electrons. The van der Waals surface area contributed by atoms with Crippen LogP contribution in [0.5, 0.6) is 5.75 Å². The van der Waals surface area contributed by atoms with Gasteiger partial charge < -0.3 is 19.0 Å². The Morgan fingerprint density at radius 1 is 1.08 bits per heavy atom. The van der Waals surface area contributed by atoms with Gasteiger partial charge in [0.25, 0.3) is 0 Å². The van der Waals surface area contributed by atoms with Crippen molar-refractivity contribution in [1.29, 1.82) is 0 Å². The van der Waals surface area contributed by atoms with Crippen molar-refractivity contribution in [3.05, 3.63) is 30.2 Å². The number of ether oxygens (including phenoxy) is 1. The van der Waals surface area contributed by atoms with Crippen LogP contribution >= 0.6 is 0 Å². The molecule has 2 amide bonds. The summed E-state index contributed by atoms with van der Waals surface area (Å²) in [6.07, 6.45) is 0.708. The van der Waals surface area contributed by atoms with E-state index in [1.165, 1.54) is 0 Å². The Bertz CT molecular complexity index is 764. The van der Waals surface area contributed by atoms with Crippen molar-refractivity contribution in [3.8, 4) is 17.2 Å². The fourth-order valence-corrected chi connectivity index (χ4v) is 2.85. The number of carbonyl (C=O) groups excluding carboxylic acids is 2. The van der Waals surface area contributed by atoms with Gasteiger partial charge >= 0.3 is 0 Å². The molecule has 1 saturated heterocycles. The van der Waals surface area contributed by atoms with Crippen molar-refractivity contribution in [2.24, 2.45) is 0 Å². The van der Waals surface area contributed by atoms with Gasteiger partial charge in [0.2, 0.25) is 23.6 Å². The first-order valence-electron chi connectivity index (χ1n) is 8.57. The van der Waals surface area contributed by atoms with Crippen LogP contribution in [0.15, 0.2) is 28.7 Å². The Balaban J connectivity index is 1.51. The lowest BCUT2D eigenvalue weighted by atomic mass is 10.2. The first-order chi connectivity index (χ1) is 12.6. The third kappa shape index (κ3) is 4.19. The van der Waals surface area contributed by atoms with Crippen molar-refractivity contribution < 1.29 is 18.7 Å². The highest BCUT2D eigenvalue weighted by molar-refractivity contribution is 5.77. The molecule has 3 rings (SSSR count). The van der Waals surface area contributed by atoms with E-state index in [4.69, 9.17) is 9.15 Å². The highest BCUT2D eigenvalue weighted by Gasteiger charge is 2.22. The number of rotatable bonds is 5. The summed E-state index contributed by atoms with van der Waals surface area (Å²) in [4.78, 5) is 27.2. The monoisotopic (exact) mass is 358 g/mol. The van der Waals surface area contributed by atoms with E-state index in [0.717, 1.165) is 11.3 Å².